The number of para-hydroxylation sites is 1. The SMILES string of the molecule is Cc1ccc(C23CC(C(=O)N4CCN(c5ccccc5)CC4)(C2)C3)cc1. The van der Waals surface area contributed by atoms with Gasteiger partial charge in [0.05, 0.1) is 5.41 Å². The summed E-state index contributed by atoms with van der Waals surface area (Å²) in [6.45, 7) is 5.72. The maximum Gasteiger partial charge on any atom is 0.229 e. The Morgan fingerprint density at radius 3 is 2.08 bits per heavy atom. The topological polar surface area (TPSA) is 23.6 Å². The molecule has 6 rings (SSSR count). The van der Waals surface area contributed by atoms with E-state index in [0.29, 0.717) is 11.3 Å². The first-order chi connectivity index (χ1) is 12.6. The molecular formula is C23H26N2O. The first-order valence-corrected chi connectivity index (χ1v) is 9.77. The van der Waals surface area contributed by atoms with Crippen LogP contribution in [0.25, 0.3) is 0 Å². The lowest BCUT2D eigenvalue weighted by Crippen LogP contribution is -2.71. The number of benzene rings is 2. The van der Waals surface area contributed by atoms with Crippen molar-refractivity contribution in [3.8, 4) is 0 Å². The Morgan fingerprint density at radius 2 is 1.46 bits per heavy atom. The molecule has 3 nitrogen and oxygen atoms in total. The average Bonchev–Trinajstić information content (AvgIpc) is 2.62. The zero-order valence-corrected chi connectivity index (χ0v) is 15.4. The summed E-state index contributed by atoms with van der Waals surface area (Å²) in [5.41, 5.74) is 4.27. The van der Waals surface area contributed by atoms with Gasteiger partial charge in [-0.05, 0) is 49.3 Å². The summed E-state index contributed by atoms with van der Waals surface area (Å²) in [6.07, 6.45) is 3.17. The standard InChI is InChI=1S/C23H26N2O/c1-18-7-9-19(10-8-18)22-15-23(16-22,17-22)21(26)25-13-11-24(12-14-25)20-5-3-2-4-6-20/h2-10H,11-17H2,1H3. The number of anilines is 1. The van der Waals surface area contributed by atoms with Crippen molar-refractivity contribution in [1.82, 2.24) is 4.90 Å². The van der Waals surface area contributed by atoms with Gasteiger partial charge in [0.25, 0.3) is 0 Å². The van der Waals surface area contributed by atoms with Crippen LogP contribution in [-0.4, -0.2) is 37.0 Å². The molecule has 0 unspecified atom stereocenters. The zero-order valence-electron chi connectivity index (χ0n) is 15.4. The smallest absolute Gasteiger partial charge is 0.229 e. The number of aryl methyl sites for hydroxylation is 1. The van der Waals surface area contributed by atoms with Crippen LogP contribution in [0.5, 0.6) is 0 Å². The molecule has 0 N–H and O–H groups in total. The number of carbonyl (C=O) groups is 1. The molecule has 1 aliphatic heterocycles. The van der Waals surface area contributed by atoms with Crippen LogP contribution in [-0.2, 0) is 10.2 Å². The van der Waals surface area contributed by atoms with Crippen LogP contribution in [0.1, 0.15) is 30.4 Å². The molecule has 1 amide bonds. The molecule has 1 saturated heterocycles. The van der Waals surface area contributed by atoms with Crippen molar-refractivity contribution in [3.05, 3.63) is 65.7 Å². The number of piperazine rings is 1. The van der Waals surface area contributed by atoms with E-state index in [1.54, 1.807) is 0 Å². The molecule has 3 aliphatic carbocycles. The Kier molecular flexibility index (Phi) is 3.43. The van der Waals surface area contributed by atoms with Crippen LogP contribution in [0.4, 0.5) is 5.69 Å². The van der Waals surface area contributed by atoms with Crippen LogP contribution < -0.4 is 4.90 Å². The summed E-state index contributed by atoms with van der Waals surface area (Å²) in [6, 6.07) is 19.5. The average molecular weight is 346 g/mol. The van der Waals surface area contributed by atoms with Gasteiger partial charge in [-0.25, -0.2) is 0 Å². The van der Waals surface area contributed by atoms with Crippen LogP contribution in [0, 0.1) is 12.3 Å². The summed E-state index contributed by atoms with van der Waals surface area (Å²) in [5.74, 6) is 0.416. The van der Waals surface area contributed by atoms with Crippen molar-refractivity contribution in [2.75, 3.05) is 31.1 Å². The quantitative estimate of drug-likeness (QED) is 0.845. The van der Waals surface area contributed by atoms with Gasteiger partial charge in [-0.1, -0.05) is 48.0 Å². The lowest BCUT2D eigenvalue weighted by Gasteiger charge is -2.70. The Labute approximate surface area is 155 Å². The Bertz CT molecular complexity index is 799. The van der Waals surface area contributed by atoms with Crippen molar-refractivity contribution < 1.29 is 4.79 Å². The second-order valence-electron chi connectivity index (χ2n) is 8.57. The van der Waals surface area contributed by atoms with E-state index in [9.17, 15) is 4.79 Å². The molecule has 0 spiro atoms. The molecule has 2 bridgehead atoms. The third-order valence-corrected chi connectivity index (χ3v) is 6.84. The van der Waals surface area contributed by atoms with Gasteiger partial charge in [-0.15, -0.1) is 0 Å². The summed E-state index contributed by atoms with van der Waals surface area (Å²) >= 11 is 0. The number of hydrogen-bond donors (Lipinski definition) is 0. The first kappa shape index (κ1) is 15.9. The molecule has 0 atom stereocenters. The normalized spacial score (nSPS) is 29.7. The van der Waals surface area contributed by atoms with E-state index in [0.717, 1.165) is 45.4 Å². The van der Waals surface area contributed by atoms with E-state index in [2.05, 4.69) is 71.3 Å². The van der Waals surface area contributed by atoms with Crippen molar-refractivity contribution in [1.29, 1.82) is 0 Å². The second-order valence-corrected chi connectivity index (χ2v) is 8.57. The summed E-state index contributed by atoms with van der Waals surface area (Å²) in [7, 11) is 0. The Balaban J connectivity index is 1.20. The lowest BCUT2D eigenvalue weighted by atomic mass is 9.33. The van der Waals surface area contributed by atoms with Crippen LogP contribution in [0.15, 0.2) is 54.6 Å². The largest absolute Gasteiger partial charge is 0.368 e. The van der Waals surface area contributed by atoms with Crippen LogP contribution in [0.2, 0.25) is 0 Å². The molecule has 4 aliphatic rings. The fourth-order valence-corrected chi connectivity index (χ4v) is 5.37. The van der Waals surface area contributed by atoms with Crippen molar-refractivity contribution in [3.63, 3.8) is 0 Å². The van der Waals surface area contributed by atoms with Gasteiger partial charge in [0.15, 0.2) is 0 Å². The van der Waals surface area contributed by atoms with E-state index in [-0.39, 0.29) is 5.41 Å². The molecule has 4 fully saturated rings. The van der Waals surface area contributed by atoms with E-state index < -0.39 is 0 Å². The zero-order chi connectivity index (χ0) is 17.8. The van der Waals surface area contributed by atoms with E-state index in [1.165, 1.54) is 16.8 Å². The van der Waals surface area contributed by atoms with E-state index in [4.69, 9.17) is 0 Å². The van der Waals surface area contributed by atoms with Gasteiger partial charge in [0.2, 0.25) is 5.91 Å². The van der Waals surface area contributed by atoms with Crippen molar-refractivity contribution in [2.24, 2.45) is 5.41 Å². The lowest BCUT2D eigenvalue weighted by molar-refractivity contribution is -0.187. The Morgan fingerprint density at radius 1 is 0.846 bits per heavy atom. The second kappa shape index (κ2) is 5.60. The molecule has 26 heavy (non-hydrogen) atoms. The Hall–Kier alpha value is -2.29. The third kappa shape index (κ3) is 2.29. The molecule has 0 aromatic heterocycles. The van der Waals surface area contributed by atoms with Gasteiger partial charge < -0.3 is 9.80 Å². The van der Waals surface area contributed by atoms with E-state index >= 15 is 0 Å². The summed E-state index contributed by atoms with van der Waals surface area (Å²) in [5, 5.41) is 0. The number of amides is 1. The predicted molar refractivity (Wildman–Crippen MR) is 104 cm³/mol. The number of nitrogens with zero attached hydrogens (tertiary/aromatic N) is 2. The highest BCUT2D eigenvalue weighted by Gasteiger charge is 2.72. The maximum absolute atomic E-state index is 13.1. The molecule has 3 saturated carbocycles. The van der Waals surface area contributed by atoms with Gasteiger partial charge in [-0.2, -0.15) is 0 Å². The summed E-state index contributed by atoms with van der Waals surface area (Å²) in [4.78, 5) is 17.6. The minimum Gasteiger partial charge on any atom is -0.368 e. The maximum atomic E-state index is 13.1. The fraction of sp³-hybridized carbons (Fsp3) is 0.435. The highest BCUT2D eigenvalue weighted by molar-refractivity contribution is 5.88. The van der Waals surface area contributed by atoms with Gasteiger partial charge in [0, 0.05) is 31.9 Å². The van der Waals surface area contributed by atoms with Crippen molar-refractivity contribution in [2.45, 2.75) is 31.6 Å². The number of carbonyl (C=O) groups excluding carboxylic acids is 1. The van der Waals surface area contributed by atoms with Gasteiger partial charge in [0.1, 0.15) is 0 Å². The summed E-state index contributed by atoms with van der Waals surface area (Å²) < 4.78 is 0. The first-order valence-electron chi connectivity index (χ1n) is 9.77. The molecule has 2 aromatic rings. The molecule has 2 aromatic carbocycles. The fourth-order valence-electron chi connectivity index (χ4n) is 5.37. The highest BCUT2D eigenvalue weighted by atomic mass is 16.2. The van der Waals surface area contributed by atoms with Gasteiger partial charge >= 0.3 is 0 Å². The van der Waals surface area contributed by atoms with Gasteiger partial charge in [-0.3, -0.25) is 4.79 Å². The van der Waals surface area contributed by atoms with E-state index in [1.807, 2.05) is 0 Å². The molecule has 3 heteroatoms. The molecular weight excluding hydrogens is 320 g/mol. The minimum absolute atomic E-state index is 0.0419. The highest BCUT2D eigenvalue weighted by Crippen LogP contribution is 2.74. The third-order valence-electron chi connectivity index (χ3n) is 6.84. The molecule has 0 radical (unpaired) electrons. The monoisotopic (exact) mass is 346 g/mol. The van der Waals surface area contributed by atoms with Crippen LogP contribution in [0.3, 0.4) is 0 Å². The molecule has 1 heterocycles. The predicted octanol–water partition coefficient (Wildman–Crippen LogP) is 3.77. The number of hydrogen-bond acceptors (Lipinski definition) is 2. The minimum atomic E-state index is -0.0419. The van der Waals surface area contributed by atoms with Crippen molar-refractivity contribution >= 4 is 11.6 Å². The molecule has 134 valence electrons. The van der Waals surface area contributed by atoms with Crippen LogP contribution >= 0.6 is 0 Å². The number of rotatable bonds is 3.